The number of nitro groups is 1. The number of benzene rings is 1. The second-order valence-electron chi connectivity index (χ2n) is 4.67. The first-order chi connectivity index (χ1) is 9.85. The highest BCUT2D eigenvalue weighted by Gasteiger charge is 2.30. The topological polar surface area (TPSA) is 137 Å². The number of rotatable bonds is 5. The van der Waals surface area contributed by atoms with E-state index < -0.39 is 14.9 Å². The standard InChI is InChI=1S/C11H16N4O5S/c1-7-9(4-5-20-7)14-21(18,19)8-2-3-11(15(16)17)10(6-8)13-12/h2-3,6-7,9,13-14H,4-5,12H2,1H3. The SMILES string of the molecule is CC1OCCC1NS(=O)(=O)c1ccc([N+](=O)[O-])c(NN)c1. The minimum absolute atomic E-state index is 0.0707. The highest BCUT2D eigenvalue weighted by Crippen LogP contribution is 2.27. The second kappa shape index (κ2) is 5.93. The fraction of sp³-hybridized carbons (Fsp3) is 0.455. The molecule has 9 nitrogen and oxygen atoms in total. The van der Waals surface area contributed by atoms with Crippen LogP contribution in [0.2, 0.25) is 0 Å². The van der Waals surface area contributed by atoms with Gasteiger partial charge in [0.1, 0.15) is 5.69 Å². The van der Waals surface area contributed by atoms with Crippen LogP contribution in [0.3, 0.4) is 0 Å². The third-order valence-electron chi connectivity index (χ3n) is 3.31. The fourth-order valence-corrected chi connectivity index (χ4v) is 3.48. The van der Waals surface area contributed by atoms with E-state index >= 15 is 0 Å². The summed E-state index contributed by atoms with van der Waals surface area (Å²) in [5.41, 5.74) is 1.77. The Bertz CT molecular complexity index is 648. The highest BCUT2D eigenvalue weighted by molar-refractivity contribution is 7.89. The van der Waals surface area contributed by atoms with Gasteiger partial charge in [0.2, 0.25) is 10.0 Å². The van der Waals surface area contributed by atoms with Gasteiger partial charge in [-0.1, -0.05) is 0 Å². The third kappa shape index (κ3) is 3.29. The molecule has 2 rings (SSSR count). The highest BCUT2D eigenvalue weighted by atomic mass is 32.2. The first-order valence-electron chi connectivity index (χ1n) is 6.24. The summed E-state index contributed by atoms with van der Waals surface area (Å²) in [6, 6.07) is 3.07. The van der Waals surface area contributed by atoms with Crippen molar-refractivity contribution in [3.05, 3.63) is 28.3 Å². The molecule has 21 heavy (non-hydrogen) atoms. The molecule has 1 fully saturated rings. The van der Waals surface area contributed by atoms with E-state index in [0.717, 1.165) is 12.1 Å². The Balaban J connectivity index is 2.30. The predicted molar refractivity (Wildman–Crippen MR) is 75.0 cm³/mol. The van der Waals surface area contributed by atoms with Crippen molar-refractivity contribution in [2.75, 3.05) is 12.0 Å². The van der Waals surface area contributed by atoms with Gasteiger partial charge in [0.15, 0.2) is 0 Å². The number of hydrazine groups is 1. The van der Waals surface area contributed by atoms with Crippen LogP contribution in [-0.4, -0.2) is 32.1 Å². The van der Waals surface area contributed by atoms with E-state index in [0.29, 0.717) is 13.0 Å². The largest absolute Gasteiger partial charge is 0.377 e. The lowest BCUT2D eigenvalue weighted by atomic mass is 10.2. The summed E-state index contributed by atoms with van der Waals surface area (Å²) in [4.78, 5) is 10.0. The van der Waals surface area contributed by atoms with Crippen LogP contribution in [0.4, 0.5) is 11.4 Å². The monoisotopic (exact) mass is 316 g/mol. The van der Waals surface area contributed by atoms with Crippen molar-refractivity contribution in [1.29, 1.82) is 0 Å². The Morgan fingerprint density at radius 1 is 1.48 bits per heavy atom. The number of nitrogens with zero attached hydrogens (tertiary/aromatic N) is 1. The number of anilines is 1. The van der Waals surface area contributed by atoms with E-state index in [1.54, 1.807) is 6.92 Å². The molecule has 10 heteroatoms. The molecule has 0 saturated carbocycles. The van der Waals surface area contributed by atoms with E-state index in [-0.39, 0.29) is 28.4 Å². The molecule has 1 aromatic rings. The molecule has 0 aliphatic carbocycles. The minimum atomic E-state index is -3.80. The number of hydrogen-bond acceptors (Lipinski definition) is 7. The zero-order valence-electron chi connectivity index (χ0n) is 11.3. The predicted octanol–water partition coefficient (Wildman–Crippen LogP) is 0.336. The Morgan fingerprint density at radius 2 is 2.19 bits per heavy atom. The van der Waals surface area contributed by atoms with Gasteiger partial charge in [0, 0.05) is 12.7 Å². The van der Waals surface area contributed by atoms with Crippen molar-refractivity contribution in [3.63, 3.8) is 0 Å². The average Bonchev–Trinajstić information content (AvgIpc) is 2.82. The molecular weight excluding hydrogens is 300 g/mol. The summed E-state index contributed by atoms with van der Waals surface area (Å²) in [6.07, 6.45) is 0.361. The summed E-state index contributed by atoms with van der Waals surface area (Å²) in [5, 5.41) is 10.8. The Kier molecular flexibility index (Phi) is 4.42. The van der Waals surface area contributed by atoms with Crippen LogP contribution in [0.1, 0.15) is 13.3 Å². The van der Waals surface area contributed by atoms with E-state index in [2.05, 4.69) is 10.1 Å². The molecule has 0 amide bonds. The van der Waals surface area contributed by atoms with E-state index in [1.807, 2.05) is 0 Å². The molecular formula is C11H16N4O5S. The molecule has 0 bridgehead atoms. The number of sulfonamides is 1. The van der Waals surface area contributed by atoms with Gasteiger partial charge in [-0.25, -0.2) is 13.1 Å². The summed E-state index contributed by atoms with van der Waals surface area (Å²) in [5.74, 6) is 5.20. The zero-order chi connectivity index (χ0) is 15.6. The minimum Gasteiger partial charge on any atom is -0.377 e. The van der Waals surface area contributed by atoms with Crippen molar-refractivity contribution >= 4 is 21.4 Å². The van der Waals surface area contributed by atoms with Crippen molar-refractivity contribution in [1.82, 2.24) is 4.72 Å². The van der Waals surface area contributed by atoms with Gasteiger partial charge in [0.05, 0.1) is 22.0 Å². The van der Waals surface area contributed by atoms with Gasteiger partial charge in [-0.3, -0.25) is 16.0 Å². The van der Waals surface area contributed by atoms with Crippen LogP contribution in [0, 0.1) is 10.1 Å². The molecule has 1 aliphatic heterocycles. The quantitative estimate of drug-likeness (QED) is 0.404. The first kappa shape index (κ1) is 15.6. The number of nitrogen functional groups attached to an aromatic ring is 1. The molecule has 1 heterocycles. The normalized spacial score (nSPS) is 22.2. The van der Waals surface area contributed by atoms with Gasteiger partial charge < -0.3 is 10.2 Å². The first-order valence-corrected chi connectivity index (χ1v) is 7.72. The summed E-state index contributed by atoms with van der Waals surface area (Å²) >= 11 is 0. The molecule has 2 unspecified atom stereocenters. The van der Waals surface area contributed by atoms with Crippen LogP contribution in [0.25, 0.3) is 0 Å². The van der Waals surface area contributed by atoms with Crippen LogP contribution < -0.4 is 16.0 Å². The molecule has 0 aromatic heterocycles. The number of hydrogen-bond donors (Lipinski definition) is 3. The van der Waals surface area contributed by atoms with Gasteiger partial charge in [-0.15, -0.1) is 0 Å². The molecule has 116 valence electrons. The lowest BCUT2D eigenvalue weighted by molar-refractivity contribution is -0.384. The zero-order valence-corrected chi connectivity index (χ0v) is 12.1. The van der Waals surface area contributed by atoms with Crippen LogP contribution >= 0.6 is 0 Å². The molecule has 1 saturated heterocycles. The number of nitro benzene ring substituents is 1. The van der Waals surface area contributed by atoms with Crippen molar-refractivity contribution < 1.29 is 18.1 Å². The van der Waals surface area contributed by atoms with Crippen molar-refractivity contribution in [2.45, 2.75) is 30.4 Å². The average molecular weight is 316 g/mol. The van der Waals surface area contributed by atoms with Crippen molar-refractivity contribution in [3.8, 4) is 0 Å². The second-order valence-corrected chi connectivity index (χ2v) is 6.39. The van der Waals surface area contributed by atoms with Crippen molar-refractivity contribution in [2.24, 2.45) is 5.84 Å². The van der Waals surface area contributed by atoms with Crippen LogP contribution in [-0.2, 0) is 14.8 Å². The van der Waals surface area contributed by atoms with E-state index in [9.17, 15) is 18.5 Å². The number of nitrogens with one attached hydrogen (secondary N) is 2. The Labute approximate surface area is 121 Å². The molecule has 2 atom stereocenters. The number of nitrogens with two attached hydrogens (primary N) is 1. The summed E-state index contributed by atoms with van der Waals surface area (Å²) in [6.45, 7) is 2.27. The summed E-state index contributed by atoms with van der Waals surface area (Å²) in [7, 11) is -3.80. The Hall–Kier alpha value is -1.75. The van der Waals surface area contributed by atoms with Gasteiger partial charge >= 0.3 is 0 Å². The van der Waals surface area contributed by atoms with Gasteiger partial charge in [-0.2, -0.15) is 0 Å². The van der Waals surface area contributed by atoms with Crippen LogP contribution in [0.15, 0.2) is 23.1 Å². The molecule has 1 aromatic carbocycles. The maximum absolute atomic E-state index is 12.3. The fourth-order valence-electron chi connectivity index (χ4n) is 2.11. The van der Waals surface area contributed by atoms with E-state index in [4.69, 9.17) is 10.6 Å². The molecule has 0 spiro atoms. The maximum atomic E-state index is 12.3. The third-order valence-corrected chi connectivity index (χ3v) is 4.80. The Morgan fingerprint density at radius 3 is 2.71 bits per heavy atom. The number of ether oxygens (including phenoxy) is 1. The smallest absolute Gasteiger partial charge is 0.293 e. The maximum Gasteiger partial charge on any atom is 0.293 e. The van der Waals surface area contributed by atoms with Gasteiger partial charge in [0.25, 0.3) is 5.69 Å². The molecule has 0 radical (unpaired) electrons. The molecule has 1 aliphatic rings. The van der Waals surface area contributed by atoms with Gasteiger partial charge in [-0.05, 0) is 25.5 Å². The van der Waals surface area contributed by atoms with E-state index in [1.165, 1.54) is 6.07 Å². The van der Waals surface area contributed by atoms with Crippen LogP contribution in [0.5, 0.6) is 0 Å². The lowest BCUT2D eigenvalue weighted by Crippen LogP contribution is -2.39. The molecule has 4 N–H and O–H groups in total. The lowest BCUT2D eigenvalue weighted by Gasteiger charge is -2.16. The summed E-state index contributed by atoms with van der Waals surface area (Å²) < 4.78 is 32.4.